The van der Waals surface area contributed by atoms with Crippen molar-refractivity contribution in [2.75, 3.05) is 23.6 Å². The van der Waals surface area contributed by atoms with E-state index in [1.807, 2.05) is 12.1 Å². The highest BCUT2D eigenvalue weighted by Crippen LogP contribution is 2.14. The van der Waals surface area contributed by atoms with Crippen LogP contribution in [0.4, 0.5) is 5.69 Å². The van der Waals surface area contributed by atoms with Gasteiger partial charge in [-0.3, -0.25) is 4.72 Å². The normalized spacial score (nSPS) is 19.8. The highest BCUT2D eigenvalue weighted by Gasteiger charge is 2.20. The molecule has 20 heavy (non-hydrogen) atoms. The van der Waals surface area contributed by atoms with Crippen LogP contribution >= 0.6 is 0 Å². The fourth-order valence-electron chi connectivity index (χ4n) is 2.42. The van der Waals surface area contributed by atoms with Crippen molar-refractivity contribution in [3.05, 3.63) is 29.8 Å². The van der Waals surface area contributed by atoms with Crippen molar-refractivity contribution in [1.29, 1.82) is 0 Å². The smallest absolute Gasteiger partial charge is 0.234 e. The maximum absolute atomic E-state index is 12.1. The van der Waals surface area contributed by atoms with Gasteiger partial charge in [0.1, 0.15) is 0 Å². The van der Waals surface area contributed by atoms with Crippen LogP contribution in [0.3, 0.4) is 0 Å². The lowest BCUT2D eigenvalue weighted by Crippen LogP contribution is -2.40. The first-order chi connectivity index (χ1) is 9.59. The Bertz CT molecular complexity index is 508. The van der Waals surface area contributed by atoms with Gasteiger partial charge >= 0.3 is 0 Å². The molecule has 1 atom stereocenters. The highest BCUT2D eigenvalue weighted by atomic mass is 32.2. The number of aliphatic hydroxyl groups excluding tert-OH is 1. The predicted octanol–water partition coefficient (Wildman–Crippen LogP) is 1.11. The Morgan fingerprint density at radius 2 is 2.00 bits per heavy atom. The lowest BCUT2D eigenvalue weighted by Gasteiger charge is -2.23. The van der Waals surface area contributed by atoms with Gasteiger partial charge in [0.25, 0.3) is 0 Å². The average molecular weight is 298 g/mol. The summed E-state index contributed by atoms with van der Waals surface area (Å²) in [7, 11) is -3.32. The molecule has 1 aromatic carbocycles. The molecule has 6 heteroatoms. The Hall–Kier alpha value is -1.11. The number of benzene rings is 1. The number of hydrogen-bond acceptors (Lipinski definition) is 4. The minimum atomic E-state index is -3.32. The fraction of sp³-hybridized carbons (Fsp3) is 0.571. The molecule has 1 saturated heterocycles. The van der Waals surface area contributed by atoms with Crippen LogP contribution in [-0.4, -0.2) is 38.5 Å². The zero-order chi connectivity index (χ0) is 14.4. The zero-order valence-electron chi connectivity index (χ0n) is 11.5. The number of nitrogens with one attached hydrogen (secondary N) is 2. The largest absolute Gasteiger partial charge is 0.396 e. The van der Waals surface area contributed by atoms with E-state index in [9.17, 15) is 8.42 Å². The van der Waals surface area contributed by atoms with Crippen molar-refractivity contribution < 1.29 is 13.5 Å². The summed E-state index contributed by atoms with van der Waals surface area (Å²) in [6.45, 7) is 0.995. The Morgan fingerprint density at radius 1 is 1.25 bits per heavy atom. The van der Waals surface area contributed by atoms with E-state index >= 15 is 0 Å². The van der Waals surface area contributed by atoms with E-state index in [2.05, 4.69) is 10.0 Å². The number of sulfonamides is 1. The summed E-state index contributed by atoms with van der Waals surface area (Å²) >= 11 is 0. The lowest BCUT2D eigenvalue weighted by molar-refractivity contribution is 0.299. The second-order valence-corrected chi connectivity index (χ2v) is 6.97. The molecule has 2 rings (SSSR count). The van der Waals surface area contributed by atoms with E-state index in [0.717, 1.165) is 31.4 Å². The van der Waals surface area contributed by atoms with Crippen LogP contribution in [0.1, 0.15) is 24.8 Å². The summed E-state index contributed by atoms with van der Waals surface area (Å²) in [5, 5.41) is 12.1. The third-order valence-electron chi connectivity index (χ3n) is 3.46. The summed E-state index contributed by atoms with van der Waals surface area (Å²) in [4.78, 5) is 0. The van der Waals surface area contributed by atoms with Gasteiger partial charge in [-0.05, 0) is 43.5 Å². The summed E-state index contributed by atoms with van der Waals surface area (Å²) in [5.41, 5.74) is 1.56. The van der Waals surface area contributed by atoms with Crippen LogP contribution in [-0.2, 0) is 16.4 Å². The first-order valence-corrected chi connectivity index (χ1v) is 8.68. The van der Waals surface area contributed by atoms with Crippen molar-refractivity contribution >= 4 is 15.7 Å². The summed E-state index contributed by atoms with van der Waals surface area (Å²) in [5.74, 6) is 0.116. The molecular weight excluding hydrogens is 276 g/mol. The van der Waals surface area contributed by atoms with E-state index in [1.54, 1.807) is 12.1 Å². The molecule has 0 bridgehead atoms. The SMILES string of the molecule is O=S(=O)(CC1CCCCN1)Nc1ccc(CCO)cc1. The standard InChI is InChI=1S/C14H22N2O3S/c17-10-8-12-4-6-13(7-5-12)16-20(18,19)11-14-3-1-2-9-15-14/h4-7,14-17H,1-3,8-11H2. The maximum Gasteiger partial charge on any atom is 0.234 e. The van der Waals surface area contributed by atoms with Crippen molar-refractivity contribution in [2.24, 2.45) is 0 Å². The Kier molecular flexibility index (Phi) is 5.39. The Labute approximate surface area is 120 Å². The Balaban J connectivity index is 1.93. The van der Waals surface area contributed by atoms with Crippen LogP contribution in [0.25, 0.3) is 0 Å². The van der Waals surface area contributed by atoms with Crippen LogP contribution in [0, 0.1) is 0 Å². The molecule has 1 aromatic rings. The average Bonchev–Trinajstić information content (AvgIpc) is 2.41. The second-order valence-electron chi connectivity index (χ2n) is 5.20. The second kappa shape index (κ2) is 7.06. The zero-order valence-corrected chi connectivity index (χ0v) is 12.3. The van der Waals surface area contributed by atoms with Crippen LogP contribution < -0.4 is 10.0 Å². The van der Waals surface area contributed by atoms with E-state index in [1.165, 1.54) is 0 Å². The monoisotopic (exact) mass is 298 g/mol. The number of hydrogen-bond donors (Lipinski definition) is 3. The third-order valence-corrected chi connectivity index (χ3v) is 4.85. The fourth-order valence-corrected chi connectivity index (χ4v) is 3.81. The number of piperidine rings is 1. The molecule has 5 nitrogen and oxygen atoms in total. The Morgan fingerprint density at radius 3 is 2.60 bits per heavy atom. The number of rotatable bonds is 6. The summed E-state index contributed by atoms with van der Waals surface area (Å²) in [6, 6.07) is 7.17. The molecule has 0 saturated carbocycles. The minimum absolute atomic E-state index is 0.0508. The van der Waals surface area contributed by atoms with Crippen LogP contribution in [0.15, 0.2) is 24.3 Å². The summed E-state index contributed by atoms with van der Waals surface area (Å²) in [6.07, 6.45) is 3.70. The molecule has 1 aliphatic heterocycles. The molecule has 1 aliphatic rings. The molecule has 0 radical (unpaired) electrons. The van der Waals surface area contributed by atoms with Gasteiger partial charge in [0.05, 0.1) is 5.75 Å². The maximum atomic E-state index is 12.1. The van der Waals surface area contributed by atoms with Gasteiger partial charge in [-0.25, -0.2) is 8.42 Å². The van der Waals surface area contributed by atoms with Crippen molar-refractivity contribution in [3.8, 4) is 0 Å². The van der Waals surface area contributed by atoms with E-state index < -0.39 is 10.0 Å². The molecule has 112 valence electrons. The molecule has 1 unspecified atom stereocenters. The van der Waals surface area contributed by atoms with Crippen molar-refractivity contribution in [3.63, 3.8) is 0 Å². The van der Waals surface area contributed by atoms with Gasteiger partial charge < -0.3 is 10.4 Å². The molecule has 0 amide bonds. The molecular formula is C14H22N2O3S. The summed E-state index contributed by atoms with van der Waals surface area (Å²) < 4.78 is 26.8. The minimum Gasteiger partial charge on any atom is -0.396 e. The van der Waals surface area contributed by atoms with Gasteiger partial charge in [0.15, 0.2) is 0 Å². The number of anilines is 1. The van der Waals surface area contributed by atoms with E-state index in [-0.39, 0.29) is 18.4 Å². The van der Waals surface area contributed by atoms with Crippen LogP contribution in [0.2, 0.25) is 0 Å². The number of aliphatic hydroxyl groups is 1. The van der Waals surface area contributed by atoms with Gasteiger partial charge in [0, 0.05) is 18.3 Å². The predicted molar refractivity (Wildman–Crippen MR) is 80.3 cm³/mol. The van der Waals surface area contributed by atoms with E-state index in [0.29, 0.717) is 12.1 Å². The highest BCUT2D eigenvalue weighted by molar-refractivity contribution is 7.92. The topological polar surface area (TPSA) is 78.4 Å². The van der Waals surface area contributed by atoms with Gasteiger partial charge in [-0.15, -0.1) is 0 Å². The van der Waals surface area contributed by atoms with Crippen molar-refractivity contribution in [2.45, 2.75) is 31.7 Å². The van der Waals surface area contributed by atoms with E-state index in [4.69, 9.17) is 5.11 Å². The molecule has 1 heterocycles. The van der Waals surface area contributed by atoms with Crippen LogP contribution in [0.5, 0.6) is 0 Å². The molecule has 1 fully saturated rings. The first-order valence-electron chi connectivity index (χ1n) is 7.03. The first kappa shape index (κ1) is 15.3. The van der Waals surface area contributed by atoms with Gasteiger partial charge in [0.2, 0.25) is 10.0 Å². The quantitative estimate of drug-likeness (QED) is 0.735. The van der Waals surface area contributed by atoms with Gasteiger partial charge in [-0.1, -0.05) is 18.6 Å². The molecule has 3 N–H and O–H groups in total. The van der Waals surface area contributed by atoms with Gasteiger partial charge in [-0.2, -0.15) is 0 Å². The molecule has 0 aromatic heterocycles. The molecule has 0 spiro atoms. The molecule has 0 aliphatic carbocycles. The third kappa shape index (κ3) is 4.77. The lowest BCUT2D eigenvalue weighted by atomic mass is 10.1. The van der Waals surface area contributed by atoms with Crippen molar-refractivity contribution in [1.82, 2.24) is 5.32 Å².